The smallest absolute Gasteiger partial charge is 0.0195 e. The molecule has 0 aliphatic carbocycles. The Morgan fingerprint density at radius 1 is 0.895 bits per heavy atom. The molecule has 0 radical (unpaired) electrons. The van der Waals surface area contributed by atoms with Gasteiger partial charge in [0.1, 0.15) is 0 Å². The number of hydrogen-bond donors (Lipinski definition) is 1. The van der Waals surface area contributed by atoms with Gasteiger partial charge in [-0.05, 0) is 45.3 Å². The second-order valence-electron chi connectivity index (χ2n) is 6.22. The molecule has 2 nitrogen and oxygen atoms in total. The Balaban J connectivity index is 2.01. The summed E-state index contributed by atoms with van der Waals surface area (Å²) in [5.41, 5.74) is 0. The van der Waals surface area contributed by atoms with E-state index in [0.717, 1.165) is 6.04 Å². The highest BCUT2D eigenvalue weighted by molar-refractivity contribution is 4.77. The topological polar surface area (TPSA) is 15.3 Å². The van der Waals surface area contributed by atoms with Crippen molar-refractivity contribution in [3.63, 3.8) is 0 Å². The van der Waals surface area contributed by atoms with Gasteiger partial charge in [0, 0.05) is 12.6 Å². The van der Waals surface area contributed by atoms with Gasteiger partial charge in [-0.25, -0.2) is 0 Å². The molecule has 114 valence electrons. The Kier molecular flexibility index (Phi) is 10.5. The minimum atomic E-state index is 0.774. The molecular weight excluding hydrogens is 232 g/mol. The van der Waals surface area contributed by atoms with Crippen LogP contribution >= 0.6 is 0 Å². The number of hydrogen-bond acceptors (Lipinski definition) is 2. The second-order valence-corrected chi connectivity index (χ2v) is 6.22. The molecule has 1 aliphatic rings. The summed E-state index contributed by atoms with van der Waals surface area (Å²) in [5, 5.41) is 3.63. The molecule has 1 atom stereocenters. The van der Waals surface area contributed by atoms with E-state index in [1.54, 1.807) is 0 Å². The molecule has 0 aromatic rings. The highest BCUT2D eigenvalue weighted by Crippen LogP contribution is 2.10. The van der Waals surface area contributed by atoms with E-state index in [-0.39, 0.29) is 0 Å². The first-order valence-electron chi connectivity index (χ1n) is 8.82. The molecule has 1 rings (SSSR count). The van der Waals surface area contributed by atoms with E-state index in [1.165, 1.54) is 90.4 Å². The summed E-state index contributed by atoms with van der Waals surface area (Å²) < 4.78 is 0. The third-order valence-electron chi connectivity index (χ3n) is 4.26. The van der Waals surface area contributed by atoms with Gasteiger partial charge in [0.25, 0.3) is 0 Å². The van der Waals surface area contributed by atoms with E-state index in [2.05, 4.69) is 24.1 Å². The van der Waals surface area contributed by atoms with Crippen LogP contribution in [0.1, 0.15) is 78.1 Å². The number of nitrogens with one attached hydrogen (secondary N) is 1. The lowest BCUT2D eigenvalue weighted by Crippen LogP contribution is -2.38. The van der Waals surface area contributed by atoms with E-state index in [9.17, 15) is 0 Å². The Hall–Kier alpha value is -0.0800. The van der Waals surface area contributed by atoms with Gasteiger partial charge in [0.05, 0.1) is 0 Å². The quantitative estimate of drug-likeness (QED) is 0.534. The van der Waals surface area contributed by atoms with E-state index in [0.29, 0.717) is 0 Å². The maximum Gasteiger partial charge on any atom is 0.0195 e. The van der Waals surface area contributed by atoms with Crippen molar-refractivity contribution in [1.82, 2.24) is 10.2 Å². The number of rotatable bonds is 12. The predicted molar refractivity (Wildman–Crippen MR) is 85.7 cm³/mol. The zero-order chi connectivity index (χ0) is 13.8. The lowest BCUT2D eigenvalue weighted by molar-refractivity contribution is 0.244. The maximum atomic E-state index is 3.63. The van der Waals surface area contributed by atoms with E-state index in [4.69, 9.17) is 0 Å². The monoisotopic (exact) mass is 268 g/mol. The largest absolute Gasteiger partial charge is 0.313 e. The summed E-state index contributed by atoms with van der Waals surface area (Å²) in [6.45, 7) is 9.72. The van der Waals surface area contributed by atoms with Crippen molar-refractivity contribution in [1.29, 1.82) is 0 Å². The van der Waals surface area contributed by atoms with Gasteiger partial charge in [0.15, 0.2) is 0 Å². The molecule has 0 amide bonds. The summed E-state index contributed by atoms with van der Waals surface area (Å²) in [4.78, 5) is 2.69. The normalized spacial score (nSPS) is 19.4. The minimum Gasteiger partial charge on any atom is -0.313 e. The van der Waals surface area contributed by atoms with E-state index >= 15 is 0 Å². The summed E-state index contributed by atoms with van der Waals surface area (Å²) in [5.74, 6) is 0. The number of unbranched alkanes of at least 4 members (excludes halogenated alkanes) is 6. The summed E-state index contributed by atoms with van der Waals surface area (Å²) >= 11 is 0. The SMILES string of the molecule is CCCCCCCCCN(CCC)CC1CCCN1. The average Bonchev–Trinajstić information content (AvgIpc) is 2.91. The molecular formula is C17H36N2. The highest BCUT2D eigenvalue weighted by atomic mass is 15.1. The highest BCUT2D eigenvalue weighted by Gasteiger charge is 2.16. The van der Waals surface area contributed by atoms with Gasteiger partial charge in [-0.3, -0.25) is 0 Å². The summed E-state index contributed by atoms with van der Waals surface area (Å²) in [6, 6.07) is 0.774. The van der Waals surface area contributed by atoms with Crippen LogP contribution in [0.3, 0.4) is 0 Å². The zero-order valence-corrected chi connectivity index (χ0v) is 13.4. The van der Waals surface area contributed by atoms with E-state index < -0.39 is 0 Å². The molecule has 1 saturated heterocycles. The standard InChI is InChI=1S/C17H36N2/c1-3-5-6-7-8-9-10-15-19(14-4-2)16-17-12-11-13-18-17/h17-18H,3-16H2,1-2H3. The van der Waals surface area contributed by atoms with Gasteiger partial charge in [-0.15, -0.1) is 0 Å². The molecule has 0 aromatic carbocycles. The molecule has 0 saturated carbocycles. The Labute approximate surface area is 121 Å². The predicted octanol–water partition coefficient (Wildman–Crippen LogP) is 4.20. The molecule has 19 heavy (non-hydrogen) atoms. The third kappa shape index (κ3) is 8.65. The van der Waals surface area contributed by atoms with E-state index in [1.807, 2.05) is 0 Å². The molecule has 0 spiro atoms. The van der Waals surface area contributed by atoms with Crippen LogP contribution in [0, 0.1) is 0 Å². The first-order chi connectivity index (χ1) is 9.36. The van der Waals surface area contributed by atoms with Crippen molar-refractivity contribution in [3.05, 3.63) is 0 Å². The first-order valence-corrected chi connectivity index (χ1v) is 8.82. The fourth-order valence-corrected chi connectivity index (χ4v) is 3.13. The third-order valence-corrected chi connectivity index (χ3v) is 4.26. The Morgan fingerprint density at radius 3 is 2.26 bits per heavy atom. The van der Waals surface area contributed by atoms with Gasteiger partial charge in [0.2, 0.25) is 0 Å². The van der Waals surface area contributed by atoms with Crippen LogP contribution in [0.2, 0.25) is 0 Å². The van der Waals surface area contributed by atoms with Crippen LogP contribution in [0.25, 0.3) is 0 Å². The molecule has 0 bridgehead atoms. The lowest BCUT2D eigenvalue weighted by atomic mass is 10.1. The van der Waals surface area contributed by atoms with Crippen molar-refractivity contribution in [2.75, 3.05) is 26.2 Å². The minimum absolute atomic E-state index is 0.774. The Bertz CT molecular complexity index is 188. The fraction of sp³-hybridized carbons (Fsp3) is 1.00. The van der Waals surface area contributed by atoms with Crippen molar-refractivity contribution in [2.24, 2.45) is 0 Å². The Morgan fingerprint density at radius 2 is 1.63 bits per heavy atom. The van der Waals surface area contributed by atoms with Crippen molar-refractivity contribution >= 4 is 0 Å². The lowest BCUT2D eigenvalue weighted by Gasteiger charge is -2.25. The summed E-state index contributed by atoms with van der Waals surface area (Å²) in [6.07, 6.45) is 14.0. The van der Waals surface area contributed by atoms with Gasteiger partial charge in [-0.2, -0.15) is 0 Å². The van der Waals surface area contributed by atoms with Crippen LogP contribution in [-0.4, -0.2) is 37.1 Å². The number of nitrogens with zero attached hydrogens (tertiary/aromatic N) is 1. The van der Waals surface area contributed by atoms with Crippen LogP contribution in [0.4, 0.5) is 0 Å². The maximum absolute atomic E-state index is 3.63. The fourth-order valence-electron chi connectivity index (χ4n) is 3.13. The van der Waals surface area contributed by atoms with Gasteiger partial charge in [-0.1, -0.05) is 52.4 Å². The molecule has 1 heterocycles. The van der Waals surface area contributed by atoms with Crippen LogP contribution in [0.5, 0.6) is 0 Å². The molecule has 1 aliphatic heterocycles. The van der Waals surface area contributed by atoms with Gasteiger partial charge >= 0.3 is 0 Å². The van der Waals surface area contributed by atoms with Crippen LogP contribution in [0.15, 0.2) is 0 Å². The van der Waals surface area contributed by atoms with Crippen LogP contribution < -0.4 is 5.32 Å². The molecule has 1 unspecified atom stereocenters. The molecule has 2 heteroatoms. The molecule has 1 N–H and O–H groups in total. The summed E-state index contributed by atoms with van der Waals surface area (Å²) in [7, 11) is 0. The van der Waals surface area contributed by atoms with Crippen molar-refractivity contribution in [2.45, 2.75) is 84.1 Å². The van der Waals surface area contributed by atoms with Gasteiger partial charge < -0.3 is 10.2 Å². The van der Waals surface area contributed by atoms with Crippen molar-refractivity contribution in [3.8, 4) is 0 Å². The molecule has 0 aromatic heterocycles. The van der Waals surface area contributed by atoms with Crippen LogP contribution in [-0.2, 0) is 0 Å². The second kappa shape index (κ2) is 11.7. The first kappa shape index (κ1) is 17.0. The zero-order valence-electron chi connectivity index (χ0n) is 13.4. The average molecular weight is 268 g/mol. The molecule has 1 fully saturated rings. The van der Waals surface area contributed by atoms with Crippen molar-refractivity contribution < 1.29 is 0 Å².